The lowest BCUT2D eigenvalue weighted by molar-refractivity contribution is 0.718. The van der Waals surface area contributed by atoms with Crippen molar-refractivity contribution in [2.45, 2.75) is 6.42 Å². The first-order valence-electron chi connectivity index (χ1n) is 3.05. The molecule has 2 nitrogen and oxygen atoms in total. The molecule has 0 aromatic carbocycles. The third kappa shape index (κ3) is 0.946. The Morgan fingerprint density at radius 3 is 3.44 bits per heavy atom. The third-order valence-electron chi connectivity index (χ3n) is 1.48. The zero-order valence-corrected chi connectivity index (χ0v) is 5.85. The number of thioether (sulfide) groups is 1. The van der Waals surface area contributed by atoms with E-state index in [4.69, 9.17) is 0 Å². The van der Waals surface area contributed by atoms with Gasteiger partial charge in [-0.15, -0.1) is 11.8 Å². The van der Waals surface area contributed by atoms with E-state index in [9.17, 15) is 0 Å². The van der Waals surface area contributed by atoms with Gasteiger partial charge in [0.1, 0.15) is 6.54 Å². The van der Waals surface area contributed by atoms with Gasteiger partial charge in [-0.1, -0.05) is 0 Å². The van der Waals surface area contributed by atoms with Crippen molar-refractivity contribution in [2.75, 3.05) is 12.4 Å². The van der Waals surface area contributed by atoms with E-state index in [1.165, 1.54) is 10.6 Å². The fourth-order valence-electron chi connectivity index (χ4n) is 1.01. The minimum Gasteiger partial charge on any atom is -0.378 e. The first-order chi connectivity index (χ1) is 4.47. The maximum absolute atomic E-state index is 3.30. The molecule has 48 valence electrons. The molecule has 2 radical (unpaired) electrons. The maximum atomic E-state index is 3.30. The number of hydrogen-bond acceptors (Lipinski definition) is 3. The summed E-state index contributed by atoms with van der Waals surface area (Å²) in [5.41, 5.74) is 1.37. The second-order valence-corrected chi connectivity index (χ2v) is 3.06. The van der Waals surface area contributed by atoms with Crippen molar-refractivity contribution in [3.05, 3.63) is 17.1 Å². The molecule has 0 atom stereocenters. The van der Waals surface area contributed by atoms with Gasteiger partial charge in [-0.25, -0.2) is 0 Å². The molecule has 0 bridgehead atoms. The monoisotopic (exact) mass is 140 g/mol. The Hall–Kier alpha value is -0.150. The van der Waals surface area contributed by atoms with Crippen molar-refractivity contribution in [3.8, 4) is 0 Å². The van der Waals surface area contributed by atoms with E-state index >= 15 is 0 Å². The molecular formula is C6H8N2S. The van der Waals surface area contributed by atoms with Crippen molar-refractivity contribution in [1.82, 2.24) is 10.6 Å². The van der Waals surface area contributed by atoms with Gasteiger partial charge in [0.15, 0.2) is 0 Å². The van der Waals surface area contributed by atoms with Gasteiger partial charge in [-0.05, 0) is 0 Å². The molecule has 0 aromatic heterocycles. The lowest BCUT2D eigenvalue weighted by Crippen LogP contribution is -2.21. The topological polar surface area (TPSA) is 24.1 Å². The van der Waals surface area contributed by atoms with E-state index < -0.39 is 0 Å². The van der Waals surface area contributed by atoms with Crippen LogP contribution in [0, 0.1) is 6.54 Å². The molecule has 0 unspecified atom stereocenters. The minimum atomic E-state index is 1.03. The SMILES string of the molecule is [C]1NCCC2=C1SCN2. The van der Waals surface area contributed by atoms with Crippen LogP contribution in [0.25, 0.3) is 0 Å². The van der Waals surface area contributed by atoms with Gasteiger partial charge in [-0.2, -0.15) is 0 Å². The Bertz CT molecular complexity index is 137. The zero-order valence-electron chi connectivity index (χ0n) is 5.03. The highest BCUT2D eigenvalue weighted by Gasteiger charge is 2.17. The van der Waals surface area contributed by atoms with Crippen molar-refractivity contribution in [2.24, 2.45) is 0 Å². The highest BCUT2D eigenvalue weighted by atomic mass is 32.2. The van der Waals surface area contributed by atoms with Crippen LogP contribution in [0.15, 0.2) is 10.6 Å². The molecule has 9 heavy (non-hydrogen) atoms. The highest BCUT2D eigenvalue weighted by molar-refractivity contribution is 8.03. The summed E-state index contributed by atoms with van der Waals surface area (Å²) in [6.45, 7) is 4.15. The summed E-state index contributed by atoms with van der Waals surface area (Å²) in [7, 11) is 0. The Morgan fingerprint density at radius 2 is 2.56 bits per heavy atom. The van der Waals surface area contributed by atoms with Gasteiger partial charge in [-0.3, -0.25) is 0 Å². The van der Waals surface area contributed by atoms with E-state index in [0.29, 0.717) is 0 Å². The van der Waals surface area contributed by atoms with Crippen molar-refractivity contribution < 1.29 is 0 Å². The van der Waals surface area contributed by atoms with Crippen LogP contribution in [-0.4, -0.2) is 12.4 Å². The lowest BCUT2D eigenvalue weighted by Gasteiger charge is -2.11. The molecule has 2 N–H and O–H groups in total. The van der Waals surface area contributed by atoms with Gasteiger partial charge in [0, 0.05) is 23.6 Å². The summed E-state index contributed by atoms with van der Waals surface area (Å²) in [6.07, 6.45) is 1.13. The molecule has 2 aliphatic heterocycles. The summed E-state index contributed by atoms with van der Waals surface area (Å²) < 4.78 is 0. The second-order valence-electron chi connectivity index (χ2n) is 2.07. The van der Waals surface area contributed by atoms with Crippen LogP contribution < -0.4 is 10.6 Å². The fourth-order valence-corrected chi connectivity index (χ4v) is 1.89. The second kappa shape index (κ2) is 2.23. The number of nitrogens with one attached hydrogen (secondary N) is 2. The molecule has 0 saturated heterocycles. The largest absolute Gasteiger partial charge is 0.378 e. The molecule has 0 saturated carbocycles. The molecule has 0 amide bonds. The standard InChI is InChI=1S/C6H8N2S/c1-2-7-3-6-5(1)8-4-9-6/h7-8H,1-2,4H2. The van der Waals surface area contributed by atoms with Crippen LogP contribution in [0.1, 0.15) is 6.42 Å². The summed E-state index contributed by atoms with van der Waals surface area (Å²) in [4.78, 5) is 1.28. The van der Waals surface area contributed by atoms with Crippen LogP contribution in [0.4, 0.5) is 0 Å². The Balaban J connectivity index is 2.17. The average Bonchev–Trinajstić information content (AvgIpc) is 2.33. The van der Waals surface area contributed by atoms with Crippen LogP contribution in [-0.2, 0) is 0 Å². The van der Waals surface area contributed by atoms with Crippen LogP contribution in [0.2, 0.25) is 0 Å². The Kier molecular flexibility index (Phi) is 1.39. The Labute approximate surface area is 59.1 Å². The van der Waals surface area contributed by atoms with Gasteiger partial charge < -0.3 is 10.6 Å². The molecule has 2 aliphatic rings. The lowest BCUT2D eigenvalue weighted by atomic mass is 10.2. The third-order valence-corrected chi connectivity index (χ3v) is 2.40. The molecule has 2 heterocycles. The molecule has 0 aliphatic carbocycles. The minimum absolute atomic E-state index is 1.03. The molecule has 0 aromatic rings. The van der Waals surface area contributed by atoms with Gasteiger partial charge >= 0.3 is 0 Å². The van der Waals surface area contributed by atoms with Gasteiger partial charge in [0.2, 0.25) is 0 Å². The molecule has 0 fully saturated rings. The van der Waals surface area contributed by atoms with Crippen molar-refractivity contribution in [3.63, 3.8) is 0 Å². The average molecular weight is 140 g/mol. The van der Waals surface area contributed by atoms with Crippen molar-refractivity contribution >= 4 is 11.8 Å². The van der Waals surface area contributed by atoms with Crippen molar-refractivity contribution in [1.29, 1.82) is 0 Å². The quantitative estimate of drug-likeness (QED) is 0.513. The fraction of sp³-hybridized carbons (Fsp3) is 0.500. The predicted molar refractivity (Wildman–Crippen MR) is 38.5 cm³/mol. The smallest absolute Gasteiger partial charge is 0.102 e. The van der Waals surface area contributed by atoms with E-state index in [1.807, 2.05) is 11.8 Å². The van der Waals surface area contributed by atoms with E-state index in [-0.39, 0.29) is 0 Å². The number of hydrogen-bond donors (Lipinski definition) is 2. The molecule has 0 spiro atoms. The predicted octanol–water partition coefficient (Wildman–Crippen LogP) is 0.524. The number of rotatable bonds is 0. The summed E-state index contributed by atoms with van der Waals surface area (Å²) >= 11 is 1.82. The molecule has 2 rings (SSSR count). The Morgan fingerprint density at radius 1 is 1.56 bits per heavy atom. The van der Waals surface area contributed by atoms with E-state index in [2.05, 4.69) is 17.2 Å². The summed E-state index contributed by atoms with van der Waals surface area (Å²) in [5.74, 6) is 1.03. The van der Waals surface area contributed by atoms with E-state index in [1.54, 1.807) is 0 Å². The molecule has 3 heteroatoms. The van der Waals surface area contributed by atoms with Crippen LogP contribution >= 0.6 is 11.8 Å². The first kappa shape index (κ1) is 5.62. The summed E-state index contributed by atoms with van der Waals surface area (Å²) in [5, 5.41) is 6.39. The molecular weight excluding hydrogens is 132 g/mol. The van der Waals surface area contributed by atoms with Crippen LogP contribution in [0.3, 0.4) is 0 Å². The zero-order chi connectivity index (χ0) is 6.10. The van der Waals surface area contributed by atoms with Gasteiger partial charge in [0.25, 0.3) is 0 Å². The first-order valence-corrected chi connectivity index (χ1v) is 4.04. The van der Waals surface area contributed by atoms with Crippen LogP contribution in [0.5, 0.6) is 0 Å². The normalized spacial score (nSPS) is 25.8. The highest BCUT2D eigenvalue weighted by Crippen LogP contribution is 2.29. The maximum Gasteiger partial charge on any atom is 0.102 e. The van der Waals surface area contributed by atoms with E-state index in [0.717, 1.165) is 18.8 Å². The summed E-state index contributed by atoms with van der Waals surface area (Å²) in [6, 6.07) is 0. The van der Waals surface area contributed by atoms with Gasteiger partial charge in [0.05, 0.1) is 5.88 Å².